The first-order valence-corrected chi connectivity index (χ1v) is 14.3. The Kier molecular flexibility index (Phi) is 11.4. The van der Waals surface area contributed by atoms with Crippen LogP contribution in [0.1, 0.15) is 106 Å². The average Bonchev–Trinajstić information content (AvgIpc) is 3.21. The van der Waals surface area contributed by atoms with Gasteiger partial charge in [0.2, 0.25) is 11.8 Å². The molecule has 0 aromatic heterocycles. The maximum Gasteiger partial charge on any atom is 0.522 e. The van der Waals surface area contributed by atoms with Crippen molar-refractivity contribution in [3.8, 4) is 0 Å². The monoisotopic (exact) mass is 553 g/mol. The summed E-state index contributed by atoms with van der Waals surface area (Å²) in [7, 11) is 0. The van der Waals surface area contributed by atoms with E-state index in [0.717, 1.165) is 24.0 Å². The predicted molar refractivity (Wildman–Crippen MR) is 142 cm³/mol. The fraction of sp³-hybridized carbons (Fsp3) is 0.690. The number of nitrogens with one attached hydrogen (secondary N) is 2. The molecule has 7 nitrogen and oxygen atoms in total. The molecule has 3 fully saturated rings. The van der Waals surface area contributed by atoms with Crippen LogP contribution in [0.15, 0.2) is 18.2 Å². The highest BCUT2D eigenvalue weighted by atomic mass is 19.4. The number of hydrogen-bond donors (Lipinski definition) is 2. The number of halogens is 3. The van der Waals surface area contributed by atoms with Gasteiger partial charge in [0.15, 0.2) is 0 Å². The highest BCUT2D eigenvalue weighted by Gasteiger charge is 2.39. The molecule has 2 saturated carbocycles. The summed E-state index contributed by atoms with van der Waals surface area (Å²) in [6.45, 7) is 6.42. The molecule has 3 amide bonds. The third-order valence-electron chi connectivity index (χ3n) is 7.73. The molecule has 2 aliphatic carbocycles. The second-order valence-corrected chi connectivity index (χ2v) is 10.6. The number of rotatable bonds is 4. The lowest BCUT2D eigenvalue weighted by atomic mass is 9.89. The largest absolute Gasteiger partial charge is 0.522 e. The number of benzene rings is 1. The van der Waals surface area contributed by atoms with Gasteiger partial charge in [-0.05, 0) is 63.5 Å². The molecule has 2 N–H and O–H groups in total. The number of imide groups is 1. The van der Waals surface area contributed by atoms with Crippen LogP contribution in [0.5, 0.6) is 0 Å². The van der Waals surface area contributed by atoms with E-state index in [2.05, 4.69) is 15.4 Å². The summed E-state index contributed by atoms with van der Waals surface area (Å²) in [5.74, 6) is -0.750. The minimum atomic E-state index is -4.48. The van der Waals surface area contributed by atoms with Crippen LogP contribution < -0.4 is 10.6 Å². The average molecular weight is 554 g/mol. The van der Waals surface area contributed by atoms with E-state index in [4.69, 9.17) is 0 Å². The molecule has 2 aliphatic heterocycles. The van der Waals surface area contributed by atoms with Crippen molar-refractivity contribution in [1.82, 2.24) is 15.5 Å². The Bertz CT molecular complexity index is 986. The number of aryl methyl sites for hydroxylation is 1. The minimum Gasteiger partial charge on any atom is -0.322 e. The molecular weight excluding hydrogens is 511 g/mol. The summed E-state index contributed by atoms with van der Waals surface area (Å²) in [5, 5.41) is 5.90. The molecule has 1 saturated heterocycles. The molecule has 0 spiro atoms. The van der Waals surface area contributed by atoms with Crippen molar-refractivity contribution in [2.45, 2.75) is 129 Å². The smallest absolute Gasteiger partial charge is 0.322 e. The Balaban J connectivity index is 0.000000203. The Morgan fingerprint density at radius 2 is 1.56 bits per heavy atom. The quantitative estimate of drug-likeness (QED) is 0.478. The van der Waals surface area contributed by atoms with Crippen molar-refractivity contribution >= 4 is 17.7 Å². The second-order valence-electron chi connectivity index (χ2n) is 10.6. The van der Waals surface area contributed by atoms with Gasteiger partial charge < -0.3 is 10.2 Å². The molecule has 1 unspecified atom stereocenters. The van der Waals surface area contributed by atoms with Gasteiger partial charge in [0.25, 0.3) is 5.91 Å². The number of amides is 3. The number of hydrogen-bond acceptors (Lipinski definition) is 5. The Hall–Kier alpha value is -2.46. The summed E-state index contributed by atoms with van der Waals surface area (Å²) >= 11 is 0. The normalized spacial score (nSPS) is 25.6. The minimum absolute atomic E-state index is 0.121. The fourth-order valence-corrected chi connectivity index (χ4v) is 5.84. The number of fused-ring (bicyclic) bond motifs is 1. The van der Waals surface area contributed by atoms with E-state index in [1.807, 2.05) is 32.9 Å². The number of ether oxygens (including phenoxy) is 1. The van der Waals surface area contributed by atoms with Crippen LogP contribution in [0.4, 0.5) is 13.2 Å². The molecule has 5 rings (SSSR count). The van der Waals surface area contributed by atoms with Gasteiger partial charge in [-0.2, -0.15) is 0 Å². The summed E-state index contributed by atoms with van der Waals surface area (Å²) in [6, 6.07) is 6.12. The fourth-order valence-electron chi connectivity index (χ4n) is 5.84. The van der Waals surface area contributed by atoms with Crippen LogP contribution >= 0.6 is 0 Å². The zero-order valence-electron chi connectivity index (χ0n) is 23.2. The Morgan fingerprint density at radius 1 is 0.923 bits per heavy atom. The molecule has 218 valence electrons. The van der Waals surface area contributed by atoms with Crippen LogP contribution in [0.2, 0.25) is 0 Å². The highest BCUT2D eigenvalue weighted by Crippen LogP contribution is 2.30. The molecule has 4 aliphatic rings. The lowest BCUT2D eigenvalue weighted by Gasteiger charge is -2.33. The number of carbonyl (C=O) groups excluding carboxylic acids is 3. The van der Waals surface area contributed by atoms with Crippen LogP contribution in [0.25, 0.3) is 0 Å². The van der Waals surface area contributed by atoms with Gasteiger partial charge in [-0.3, -0.25) is 24.4 Å². The highest BCUT2D eigenvalue weighted by molar-refractivity contribution is 6.05. The third kappa shape index (κ3) is 9.03. The second kappa shape index (κ2) is 14.3. The molecule has 0 bridgehead atoms. The summed E-state index contributed by atoms with van der Waals surface area (Å²) in [5.41, 5.74) is 2.71. The van der Waals surface area contributed by atoms with Crippen LogP contribution in [-0.2, 0) is 20.9 Å². The van der Waals surface area contributed by atoms with Crippen molar-refractivity contribution in [1.29, 1.82) is 0 Å². The molecule has 1 atom stereocenters. The zero-order valence-corrected chi connectivity index (χ0v) is 23.2. The van der Waals surface area contributed by atoms with Crippen molar-refractivity contribution in [2.75, 3.05) is 0 Å². The Labute approximate surface area is 229 Å². The number of piperidine rings is 1. The first-order valence-electron chi connectivity index (χ1n) is 14.3. The van der Waals surface area contributed by atoms with E-state index in [-0.39, 0.29) is 24.1 Å². The van der Waals surface area contributed by atoms with Gasteiger partial charge in [-0.25, -0.2) is 0 Å². The van der Waals surface area contributed by atoms with E-state index in [1.54, 1.807) is 11.0 Å². The van der Waals surface area contributed by atoms with Crippen LogP contribution in [0.3, 0.4) is 0 Å². The number of nitrogens with zero attached hydrogens (tertiary/aromatic N) is 1. The van der Waals surface area contributed by atoms with Crippen molar-refractivity contribution in [3.63, 3.8) is 0 Å². The van der Waals surface area contributed by atoms with E-state index in [9.17, 15) is 27.6 Å². The van der Waals surface area contributed by atoms with E-state index >= 15 is 0 Å². The molecule has 0 radical (unpaired) electrons. The topological polar surface area (TPSA) is 87.7 Å². The van der Waals surface area contributed by atoms with E-state index < -0.39 is 18.5 Å². The van der Waals surface area contributed by atoms with E-state index in [1.165, 1.54) is 32.1 Å². The van der Waals surface area contributed by atoms with Gasteiger partial charge in [-0.1, -0.05) is 50.8 Å². The van der Waals surface area contributed by atoms with Gasteiger partial charge in [-0.15, -0.1) is 13.2 Å². The number of alkyl halides is 3. The van der Waals surface area contributed by atoms with Gasteiger partial charge in [0.1, 0.15) is 6.04 Å². The molecule has 2 heterocycles. The molecule has 1 aromatic carbocycles. The molecular formula is C29H42F3N3O4. The maximum atomic E-state index is 12.3. The molecule has 1 aromatic rings. The van der Waals surface area contributed by atoms with Gasteiger partial charge in [0.05, 0.1) is 6.10 Å². The summed E-state index contributed by atoms with van der Waals surface area (Å²) in [4.78, 5) is 36.8. The standard InChI is InChI=1S/C14H14N2O3.C13H22F3NO.C2H6/c1-8-2-3-10-9(6-8)7-16(14(10)19)11-4-5-12(17)15-13(11)18;14-13(15,16)18-12-8-6-11(7-9-12)17-10-4-2-1-3-5-10;1-2/h2-3,6,11H,4-5,7H2,1H3,(H,15,17,18);10-12,17H,1-9H2;1-2H3. The van der Waals surface area contributed by atoms with E-state index in [0.29, 0.717) is 43.5 Å². The summed E-state index contributed by atoms with van der Waals surface area (Å²) < 4.78 is 40.3. The SMILES string of the molecule is CC.Cc1ccc2c(c1)CN(C1CCC(=O)NC1=O)C2=O.FC(F)(F)OC1CCC(NC2CCCCC2)CC1. The molecule has 10 heteroatoms. The van der Waals surface area contributed by atoms with Crippen LogP contribution in [-0.4, -0.2) is 53.2 Å². The summed E-state index contributed by atoms with van der Waals surface area (Å²) in [6.07, 6.45) is 4.56. The predicted octanol–water partition coefficient (Wildman–Crippen LogP) is 5.54. The van der Waals surface area contributed by atoms with Gasteiger partial charge >= 0.3 is 6.36 Å². The lowest BCUT2D eigenvalue weighted by molar-refractivity contribution is -0.345. The lowest BCUT2D eigenvalue weighted by Crippen LogP contribution is -2.52. The van der Waals surface area contributed by atoms with Crippen molar-refractivity contribution in [3.05, 3.63) is 34.9 Å². The zero-order chi connectivity index (χ0) is 28.6. The first kappa shape index (κ1) is 31.1. The number of carbonyl (C=O) groups is 3. The Morgan fingerprint density at radius 3 is 2.18 bits per heavy atom. The van der Waals surface area contributed by atoms with Gasteiger partial charge in [0, 0.05) is 30.6 Å². The van der Waals surface area contributed by atoms with Crippen molar-refractivity contribution < 1.29 is 32.3 Å². The van der Waals surface area contributed by atoms with Crippen molar-refractivity contribution in [2.24, 2.45) is 0 Å². The van der Waals surface area contributed by atoms with Crippen LogP contribution in [0, 0.1) is 6.92 Å². The third-order valence-corrected chi connectivity index (χ3v) is 7.73. The first-order chi connectivity index (χ1) is 18.6. The molecule has 39 heavy (non-hydrogen) atoms. The maximum absolute atomic E-state index is 12.3.